The summed E-state index contributed by atoms with van der Waals surface area (Å²) in [5.41, 5.74) is 8.44. The van der Waals surface area contributed by atoms with Gasteiger partial charge in [0.25, 0.3) is 0 Å². The minimum absolute atomic E-state index is 0.0872. The van der Waals surface area contributed by atoms with Crippen molar-refractivity contribution in [3.63, 3.8) is 0 Å². The van der Waals surface area contributed by atoms with E-state index in [0.29, 0.717) is 29.4 Å². The fourth-order valence-corrected chi connectivity index (χ4v) is 2.99. The summed E-state index contributed by atoms with van der Waals surface area (Å²) in [6.45, 7) is 0.505. The van der Waals surface area contributed by atoms with Gasteiger partial charge in [-0.1, -0.05) is 30.3 Å². The van der Waals surface area contributed by atoms with Gasteiger partial charge in [-0.2, -0.15) is 0 Å². The molecule has 1 aliphatic rings. The van der Waals surface area contributed by atoms with Crippen molar-refractivity contribution in [2.45, 2.75) is 12.5 Å². The zero-order valence-corrected chi connectivity index (χ0v) is 14.2. The molecule has 1 unspecified atom stereocenters. The lowest BCUT2D eigenvalue weighted by Crippen LogP contribution is -2.31. The molecule has 0 saturated carbocycles. The Bertz CT molecular complexity index is 967. The van der Waals surface area contributed by atoms with Crippen molar-refractivity contribution in [3.8, 4) is 11.5 Å². The van der Waals surface area contributed by atoms with E-state index in [0.717, 1.165) is 5.56 Å². The Kier molecular flexibility index (Phi) is 3.96. The molecule has 0 saturated heterocycles. The van der Waals surface area contributed by atoms with Crippen molar-refractivity contribution in [2.75, 3.05) is 12.8 Å². The number of anilines is 1. The number of aromatic nitrogens is 2. The second-order valence-electron chi connectivity index (χ2n) is 6.08. The molecule has 7 nitrogen and oxygen atoms in total. The Balaban J connectivity index is 1.63. The lowest BCUT2D eigenvalue weighted by Gasteiger charge is -2.20. The molecule has 0 fully saturated rings. The van der Waals surface area contributed by atoms with Gasteiger partial charge in [0.05, 0.1) is 12.0 Å². The average molecular weight is 347 g/mol. The summed E-state index contributed by atoms with van der Waals surface area (Å²) in [6, 6.07) is 13.3. The molecule has 7 heteroatoms. The predicted octanol–water partition coefficient (Wildman–Crippen LogP) is 2.78. The van der Waals surface area contributed by atoms with E-state index in [2.05, 4.69) is 15.0 Å². The lowest BCUT2D eigenvalue weighted by atomic mass is 10.0. The van der Waals surface area contributed by atoms with Gasteiger partial charge in [-0.25, -0.2) is 9.97 Å². The molecule has 2 aromatic heterocycles. The molecule has 3 heterocycles. The molecule has 1 atom stereocenters. The number of carbonyl (C=O) groups excluding carboxylic acids is 1. The maximum atomic E-state index is 12.9. The average Bonchev–Trinajstić information content (AvgIpc) is 3.31. The van der Waals surface area contributed by atoms with Gasteiger partial charge in [-0.3, -0.25) is 9.79 Å². The third kappa shape index (κ3) is 2.83. The van der Waals surface area contributed by atoms with Crippen molar-refractivity contribution in [1.82, 2.24) is 14.9 Å². The third-order valence-corrected chi connectivity index (χ3v) is 4.23. The molecule has 1 aromatic carbocycles. The minimum Gasteiger partial charge on any atom is -0.463 e. The first-order chi connectivity index (χ1) is 12.6. The van der Waals surface area contributed by atoms with Crippen LogP contribution >= 0.6 is 0 Å². The molecule has 26 heavy (non-hydrogen) atoms. The molecule has 0 bridgehead atoms. The molecule has 1 aliphatic heterocycles. The minimum atomic E-state index is -0.585. The zero-order valence-electron chi connectivity index (χ0n) is 14.2. The van der Waals surface area contributed by atoms with Crippen LogP contribution in [0.25, 0.3) is 11.5 Å². The number of carbonyl (C=O) groups is 1. The summed E-state index contributed by atoms with van der Waals surface area (Å²) in [6.07, 6.45) is 3.14. The fourth-order valence-electron chi connectivity index (χ4n) is 2.99. The quantitative estimate of drug-likeness (QED) is 0.782. The van der Waals surface area contributed by atoms with Gasteiger partial charge < -0.3 is 15.1 Å². The highest BCUT2D eigenvalue weighted by Crippen LogP contribution is 2.39. The van der Waals surface area contributed by atoms with Gasteiger partial charge in [0.15, 0.2) is 5.76 Å². The smallest absolute Gasteiger partial charge is 0.237 e. The SMILES string of the molecule is CN(Cc1ccccc1)C(=O)C1C=Nc2c(-c3ccco3)nc(N)nc21. The van der Waals surface area contributed by atoms with Crippen LogP contribution in [0.1, 0.15) is 17.2 Å². The first-order valence-electron chi connectivity index (χ1n) is 8.18. The van der Waals surface area contributed by atoms with Crippen molar-refractivity contribution >= 4 is 23.8 Å². The van der Waals surface area contributed by atoms with Crippen LogP contribution in [0.5, 0.6) is 0 Å². The number of rotatable bonds is 4. The summed E-state index contributed by atoms with van der Waals surface area (Å²) in [4.78, 5) is 27.5. The third-order valence-electron chi connectivity index (χ3n) is 4.23. The Morgan fingerprint density at radius 1 is 1.19 bits per heavy atom. The standard InChI is InChI=1S/C19H17N5O2/c1-24(11-12-6-3-2-4-7-12)18(25)13-10-21-17-15(13)22-19(20)23-16(17)14-8-5-9-26-14/h2-10,13H,11H2,1H3,(H2,20,22,23). The summed E-state index contributed by atoms with van der Waals surface area (Å²) in [5.74, 6) is -0.0556. The highest BCUT2D eigenvalue weighted by Gasteiger charge is 2.33. The van der Waals surface area contributed by atoms with Crippen LogP contribution in [0.15, 0.2) is 58.1 Å². The number of likely N-dealkylation sites (N-methyl/N-ethyl adjacent to an activating group) is 1. The van der Waals surface area contributed by atoms with Crippen molar-refractivity contribution in [3.05, 3.63) is 60.0 Å². The van der Waals surface area contributed by atoms with Crippen molar-refractivity contribution in [1.29, 1.82) is 0 Å². The van der Waals surface area contributed by atoms with Crippen LogP contribution in [-0.4, -0.2) is 34.0 Å². The van der Waals surface area contributed by atoms with Gasteiger partial charge in [0, 0.05) is 19.8 Å². The molecular formula is C19H17N5O2. The number of aliphatic imine (C=N–C) groups is 1. The van der Waals surface area contributed by atoms with E-state index in [1.807, 2.05) is 30.3 Å². The number of nitrogens with zero attached hydrogens (tertiary/aromatic N) is 4. The number of amides is 1. The van der Waals surface area contributed by atoms with Crippen LogP contribution in [0, 0.1) is 0 Å². The Morgan fingerprint density at radius 3 is 2.73 bits per heavy atom. The van der Waals surface area contributed by atoms with Gasteiger partial charge in [0.1, 0.15) is 17.3 Å². The zero-order chi connectivity index (χ0) is 18.1. The summed E-state index contributed by atoms with van der Waals surface area (Å²) in [7, 11) is 1.76. The highest BCUT2D eigenvalue weighted by molar-refractivity contribution is 6.04. The van der Waals surface area contributed by atoms with E-state index >= 15 is 0 Å². The second kappa shape index (κ2) is 6.44. The lowest BCUT2D eigenvalue weighted by molar-refractivity contribution is -0.130. The summed E-state index contributed by atoms with van der Waals surface area (Å²) in [5, 5.41) is 0. The highest BCUT2D eigenvalue weighted by atomic mass is 16.3. The first kappa shape index (κ1) is 16.0. The van der Waals surface area contributed by atoms with Crippen LogP contribution in [-0.2, 0) is 11.3 Å². The molecule has 4 rings (SSSR count). The maximum Gasteiger partial charge on any atom is 0.237 e. The number of nitrogens with two attached hydrogens (primary N) is 1. The molecule has 0 aliphatic carbocycles. The van der Waals surface area contributed by atoms with Crippen LogP contribution in [0.2, 0.25) is 0 Å². The van der Waals surface area contributed by atoms with Gasteiger partial charge in [0.2, 0.25) is 11.9 Å². The molecule has 2 N–H and O–H groups in total. The van der Waals surface area contributed by atoms with E-state index in [1.54, 1.807) is 36.6 Å². The van der Waals surface area contributed by atoms with Gasteiger partial charge in [-0.15, -0.1) is 0 Å². The number of nitrogen functional groups attached to an aromatic ring is 1. The number of hydrogen-bond donors (Lipinski definition) is 1. The number of benzene rings is 1. The molecular weight excluding hydrogens is 330 g/mol. The van der Waals surface area contributed by atoms with Gasteiger partial charge in [-0.05, 0) is 17.7 Å². The van der Waals surface area contributed by atoms with E-state index in [-0.39, 0.29) is 11.9 Å². The van der Waals surface area contributed by atoms with Crippen molar-refractivity contribution < 1.29 is 9.21 Å². The van der Waals surface area contributed by atoms with E-state index in [9.17, 15) is 4.79 Å². The Labute approximate surface area is 150 Å². The number of furan rings is 1. The number of fused-ring (bicyclic) bond motifs is 1. The molecule has 3 aromatic rings. The van der Waals surface area contributed by atoms with Crippen LogP contribution < -0.4 is 5.73 Å². The van der Waals surface area contributed by atoms with E-state index in [1.165, 1.54) is 0 Å². The topological polar surface area (TPSA) is 97.6 Å². The second-order valence-corrected chi connectivity index (χ2v) is 6.08. The largest absolute Gasteiger partial charge is 0.463 e. The van der Waals surface area contributed by atoms with E-state index < -0.39 is 5.92 Å². The predicted molar refractivity (Wildman–Crippen MR) is 98.0 cm³/mol. The Hall–Kier alpha value is -3.48. The molecule has 1 amide bonds. The summed E-state index contributed by atoms with van der Waals surface area (Å²) < 4.78 is 5.41. The molecule has 0 spiro atoms. The van der Waals surface area contributed by atoms with Crippen molar-refractivity contribution in [2.24, 2.45) is 4.99 Å². The fraction of sp³-hybridized carbons (Fsp3) is 0.158. The normalized spacial score (nSPS) is 15.0. The summed E-state index contributed by atoms with van der Waals surface area (Å²) >= 11 is 0. The molecule has 0 radical (unpaired) electrons. The molecule has 130 valence electrons. The number of hydrogen-bond acceptors (Lipinski definition) is 6. The van der Waals surface area contributed by atoms with Crippen LogP contribution in [0.3, 0.4) is 0 Å². The van der Waals surface area contributed by atoms with Gasteiger partial charge >= 0.3 is 0 Å². The monoisotopic (exact) mass is 347 g/mol. The van der Waals surface area contributed by atoms with E-state index in [4.69, 9.17) is 10.2 Å². The van der Waals surface area contributed by atoms with Crippen LogP contribution in [0.4, 0.5) is 11.6 Å². The first-order valence-corrected chi connectivity index (χ1v) is 8.18. The maximum absolute atomic E-state index is 12.9. The Morgan fingerprint density at radius 2 is 2.00 bits per heavy atom.